The maximum atomic E-state index is 11.4. The summed E-state index contributed by atoms with van der Waals surface area (Å²) in [5.74, 6) is 0.317. The number of imidazole rings is 1. The van der Waals surface area contributed by atoms with E-state index in [4.69, 9.17) is 0 Å². The van der Waals surface area contributed by atoms with Crippen LogP contribution in [0.5, 0.6) is 5.88 Å². The third-order valence-corrected chi connectivity index (χ3v) is 4.53. The van der Waals surface area contributed by atoms with Crippen LogP contribution in [-0.2, 0) is 0 Å². The number of nitrogens with one attached hydrogen (secondary N) is 2. The lowest BCUT2D eigenvalue weighted by molar-refractivity contribution is 0.454. The number of benzene rings is 1. The standard InChI is InChI=1S/C19H17N7O2/c1-10-3-2-4-11(7-10)15-23-16-12(8-14-17(27)25-19(28)22-14)9-20-26(16)18(24-15)21-13-5-6-13/h2-4,7-9,13,27H,5-6H2,1H3,(H2,22,25,28). The zero-order chi connectivity index (χ0) is 19.3. The number of aromatic amines is 2. The number of aromatic hydroxyl groups is 1. The van der Waals surface area contributed by atoms with Gasteiger partial charge in [-0.25, -0.2) is 14.8 Å². The minimum absolute atomic E-state index is 0.236. The molecule has 1 fully saturated rings. The van der Waals surface area contributed by atoms with Gasteiger partial charge >= 0.3 is 5.69 Å². The topological polar surface area (TPSA) is 124 Å². The van der Waals surface area contributed by atoms with Crippen molar-refractivity contribution in [2.24, 2.45) is 4.99 Å². The smallest absolute Gasteiger partial charge is 0.326 e. The molecule has 9 heteroatoms. The van der Waals surface area contributed by atoms with Crippen LogP contribution in [0.3, 0.4) is 0 Å². The third-order valence-electron chi connectivity index (χ3n) is 4.53. The largest absolute Gasteiger partial charge is 0.493 e. The molecular formula is C19H17N7O2. The number of nitrogens with zero attached hydrogens (tertiary/aromatic N) is 5. The van der Waals surface area contributed by atoms with Crippen LogP contribution in [0.1, 0.15) is 24.1 Å². The highest BCUT2D eigenvalue weighted by molar-refractivity contribution is 5.61. The fourth-order valence-electron chi connectivity index (χ4n) is 2.99. The Hall–Kier alpha value is -3.75. The zero-order valence-electron chi connectivity index (χ0n) is 15.0. The molecule has 0 radical (unpaired) electrons. The maximum absolute atomic E-state index is 11.4. The Balaban J connectivity index is 1.79. The van der Waals surface area contributed by atoms with Crippen molar-refractivity contribution in [3.8, 4) is 17.3 Å². The minimum atomic E-state index is -0.486. The first-order valence-electron chi connectivity index (χ1n) is 8.96. The summed E-state index contributed by atoms with van der Waals surface area (Å²) in [6.45, 7) is 2.01. The predicted octanol–water partition coefficient (Wildman–Crippen LogP) is 0.433. The quantitative estimate of drug-likeness (QED) is 0.479. The molecule has 3 aromatic heterocycles. The fraction of sp³-hybridized carbons (Fsp3) is 0.211. The highest BCUT2D eigenvalue weighted by Gasteiger charge is 2.21. The van der Waals surface area contributed by atoms with Crippen LogP contribution >= 0.6 is 0 Å². The van der Waals surface area contributed by atoms with Gasteiger partial charge in [-0.2, -0.15) is 14.6 Å². The van der Waals surface area contributed by atoms with Gasteiger partial charge in [0.25, 0.3) is 0 Å². The summed E-state index contributed by atoms with van der Waals surface area (Å²) in [6.07, 6.45) is 5.32. The van der Waals surface area contributed by atoms with E-state index in [1.165, 1.54) is 0 Å². The summed E-state index contributed by atoms with van der Waals surface area (Å²) < 4.78 is 1.59. The van der Waals surface area contributed by atoms with E-state index in [1.807, 2.05) is 31.2 Å². The Morgan fingerprint density at radius 1 is 1.29 bits per heavy atom. The molecule has 1 aliphatic rings. The van der Waals surface area contributed by atoms with Crippen LogP contribution in [0.15, 0.2) is 40.2 Å². The first-order chi connectivity index (χ1) is 13.6. The summed E-state index contributed by atoms with van der Waals surface area (Å²) in [5, 5.41) is 14.9. The van der Waals surface area contributed by atoms with Gasteiger partial charge in [0.15, 0.2) is 11.5 Å². The molecule has 0 unspecified atom stereocenters. The van der Waals surface area contributed by atoms with E-state index in [-0.39, 0.29) is 17.6 Å². The summed E-state index contributed by atoms with van der Waals surface area (Å²) in [7, 11) is 0. The van der Waals surface area contributed by atoms with Gasteiger partial charge in [0, 0.05) is 10.8 Å². The van der Waals surface area contributed by atoms with Gasteiger partial charge in [-0.1, -0.05) is 23.8 Å². The number of H-pyrrole nitrogens is 2. The molecule has 140 valence electrons. The van der Waals surface area contributed by atoms with E-state index < -0.39 is 5.69 Å². The van der Waals surface area contributed by atoms with Gasteiger partial charge in [-0.3, -0.25) is 4.98 Å². The number of aryl methyl sites for hydroxylation is 1. The number of hydrogen-bond acceptors (Lipinski definition) is 6. The first kappa shape index (κ1) is 16.4. The molecule has 1 saturated carbocycles. The summed E-state index contributed by atoms with van der Waals surface area (Å²) in [6, 6.07) is 8.21. The van der Waals surface area contributed by atoms with Gasteiger partial charge in [0.1, 0.15) is 5.69 Å². The highest BCUT2D eigenvalue weighted by Crippen LogP contribution is 2.22. The van der Waals surface area contributed by atoms with Crippen LogP contribution in [0.4, 0.5) is 0 Å². The van der Waals surface area contributed by atoms with Crippen molar-refractivity contribution in [3.05, 3.63) is 63.0 Å². The number of aromatic nitrogens is 6. The van der Waals surface area contributed by atoms with E-state index in [1.54, 1.807) is 16.8 Å². The van der Waals surface area contributed by atoms with Crippen LogP contribution in [0.25, 0.3) is 23.1 Å². The molecule has 28 heavy (non-hydrogen) atoms. The Kier molecular flexibility index (Phi) is 3.61. The van der Waals surface area contributed by atoms with Crippen molar-refractivity contribution in [1.29, 1.82) is 0 Å². The molecule has 3 N–H and O–H groups in total. The molecule has 0 atom stereocenters. The van der Waals surface area contributed by atoms with E-state index in [9.17, 15) is 9.90 Å². The number of fused-ring (bicyclic) bond motifs is 1. The van der Waals surface area contributed by atoms with E-state index in [0.717, 1.165) is 24.0 Å². The molecule has 1 aliphatic carbocycles. The second kappa shape index (κ2) is 6.15. The van der Waals surface area contributed by atoms with Gasteiger partial charge in [0.05, 0.1) is 12.2 Å². The Labute approximate surface area is 158 Å². The molecule has 0 bridgehead atoms. The molecule has 3 heterocycles. The third kappa shape index (κ3) is 2.96. The van der Waals surface area contributed by atoms with E-state index in [0.29, 0.717) is 22.3 Å². The van der Waals surface area contributed by atoms with Crippen molar-refractivity contribution >= 4 is 11.7 Å². The van der Waals surface area contributed by atoms with Crippen LogP contribution in [0.2, 0.25) is 0 Å². The average molecular weight is 375 g/mol. The number of rotatable bonds is 3. The van der Waals surface area contributed by atoms with Gasteiger partial charge in [0.2, 0.25) is 11.5 Å². The zero-order valence-corrected chi connectivity index (χ0v) is 15.0. The van der Waals surface area contributed by atoms with Gasteiger partial charge in [-0.05, 0) is 31.9 Å². The van der Waals surface area contributed by atoms with Crippen molar-refractivity contribution in [2.45, 2.75) is 25.8 Å². The molecule has 5 rings (SSSR count). The maximum Gasteiger partial charge on any atom is 0.326 e. The highest BCUT2D eigenvalue weighted by atomic mass is 16.3. The van der Waals surface area contributed by atoms with E-state index in [2.05, 4.69) is 30.0 Å². The van der Waals surface area contributed by atoms with Crippen molar-refractivity contribution in [3.63, 3.8) is 0 Å². The molecule has 0 spiro atoms. The van der Waals surface area contributed by atoms with Crippen molar-refractivity contribution in [1.82, 2.24) is 29.5 Å². The molecule has 1 aromatic carbocycles. The SMILES string of the molecule is Cc1cccc(-c2nc(=NC3CC3)n3ncc(=Cc4[nH]c(=O)[nH]c4O)c3n2)c1. The lowest BCUT2D eigenvalue weighted by atomic mass is 10.1. The lowest BCUT2D eigenvalue weighted by Crippen LogP contribution is -2.23. The van der Waals surface area contributed by atoms with Crippen molar-refractivity contribution < 1.29 is 5.11 Å². The molecule has 0 amide bonds. The second-order valence-electron chi connectivity index (χ2n) is 6.90. The normalized spacial score (nSPS) is 15.6. The lowest BCUT2D eigenvalue weighted by Gasteiger charge is -2.03. The van der Waals surface area contributed by atoms with Gasteiger partial charge in [-0.15, -0.1) is 0 Å². The molecular weight excluding hydrogens is 358 g/mol. The summed E-state index contributed by atoms with van der Waals surface area (Å²) in [4.78, 5) is 30.2. The van der Waals surface area contributed by atoms with Gasteiger partial charge < -0.3 is 10.1 Å². The number of hydrogen-bond donors (Lipinski definition) is 3. The average Bonchev–Trinajstić information content (AvgIpc) is 3.30. The first-order valence-corrected chi connectivity index (χ1v) is 8.96. The second-order valence-corrected chi connectivity index (χ2v) is 6.90. The Morgan fingerprint density at radius 3 is 2.86 bits per heavy atom. The fourth-order valence-corrected chi connectivity index (χ4v) is 2.99. The molecule has 0 saturated heterocycles. The predicted molar refractivity (Wildman–Crippen MR) is 101 cm³/mol. The Bertz CT molecular complexity index is 1380. The van der Waals surface area contributed by atoms with Crippen LogP contribution in [0, 0.1) is 6.92 Å². The summed E-state index contributed by atoms with van der Waals surface area (Å²) >= 11 is 0. The summed E-state index contributed by atoms with van der Waals surface area (Å²) in [5.41, 5.74) is 2.82. The van der Waals surface area contributed by atoms with E-state index >= 15 is 0 Å². The Morgan fingerprint density at radius 2 is 2.14 bits per heavy atom. The van der Waals surface area contributed by atoms with Crippen LogP contribution in [-0.4, -0.2) is 40.7 Å². The minimum Gasteiger partial charge on any atom is -0.493 e. The van der Waals surface area contributed by atoms with Crippen LogP contribution < -0.4 is 16.5 Å². The molecule has 0 aliphatic heterocycles. The monoisotopic (exact) mass is 375 g/mol. The van der Waals surface area contributed by atoms with Crippen molar-refractivity contribution in [2.75, 3.05) is 0 Å². The molecule has 4 aromatic rings. The molecule has 9 nitrogen and oxygen atoms in total.